The van der Waals surface area contributed by atoms with Crippen LogP contribution in [0.3, 0.4) is 0 Å². The summed E-state index contributed by atoms with van der Waals surface area (Å²) < 4.78 is 1.79. The molecule has 16 heavy (non-hydrogen) atoms. The molecule has 1 aromatic heterocycles. The number of aromatic nitrogens is 2. The molecule has 2 rings (SSSR count). The summed E-state index contributed by atoms with van der Waals surface area (Å²) in [5.41, 5.74) is 0.976. The molecule has 0 aliphatic rings. The number of hydrogen-bond acceptors (Lipinski definition) is 1. The lowest BCUT2D eigenvalue weighted by molar-refractivity contribution is -0.574. The molecule has 2 nitrogen and oxygen atoms in total. The van der Waals surface area contributed by atoms with Gasteiger partial charge < -0.3 is 0 Å². The van der Waals surface area contributed by atoms with Crippen molar-refractivity contribution in [3.63, 3.8) is 0 Å². The first-order valence-corrected chi connectivity index (χ1v) is 4.96. The minimum absolute atomic E-state index is 0.682. The standard InChI is InChI=1S/C14H11N2/c1-2-16-12-6-11-15-14(16)10-9-13-7-4-3-5-8-13/h2-8,11-12H,1H2/q+1. The van der Waals surface area contributed by atoms with Gasteiger partial charge in [-0.3, -0.25) is 0 Å². The van der Waals surface area contributed by atoms with Crippen LogP contribution in [0.25, 0.3) is 6.20 Å². The Labute approximate surface area is 94.9 Å². The van der Waals surface area contributed by atoms with E-state index in [1.807, 2.05) is 42.6 Å². The summed E-state index contributed by atoms with van der Waals surface area (Å²) in [5.74, 6) is 6.75. The van der Waals surface area contributed by atoms with Gasteiger partial charge in [-0.15, -0.1) is 0 Å². The third-order valence-corrected chi connectivity index (χ3v) is 2.06. The number of rotatable bonds is 1. The number of benzene rings is 1. The van der Waals surface area contributed by atoms with Crippen molar-refractivity contribution in [2.75, 3.05) is 0 Å². The molecule has 0 spiro atoms. The molecule has 0 atom stereocenters. The molecule has 2 heteroatoms. The molecule has 1 aromatic carbocycles. The van der Waals surface area contributed by atoms with E-state index in [4.69, 9.17) is 0 Å². The van der Waals surface area contributed by atoms with E-state index in [0.29, 0.717) is 5.82 Å². The van der Waals surface area contributed by atoms with Crippen molar-refractivity contribution in [1.82, 2.24) is 4.98 Å². The van der Waals surface area contributed by atoms with Gasteiger partial charge in [0, 0.05) is 17.6 Å². The third-order valence-electron chi connectivity index (χ3n) is 2.06. The molecule has 0 bridgehead atoms. The Bertz CT molecular complexity index is 548. The normalized spacial score (nSPS) is 9.00. The fourth-order valence-corrected chi connectivity index (χ4v) is 1.28. The molecule has 1 heterocycles. The molecule has 76 valence electrons. The van der Waals surface area contributed by atoms with E-state index in [-0.39, 0.29) is 0 Å². The molecule has 0 fully saturated rings. The maximum atomic E-state index is 4.18. The average molecular weight is 207 g/mol. The smallest absolute Gasteiger partial charge is 0.196 e. The second kappa shape index (κ2) is 4.90. The first kappa shape index (κ1) is 10.1. The minimum atomic E-state index is 0.682. The van der Waals surface area contributed by atoms with Gasteiger partial charge in [-0.2, -0.15) is 4.57 Å². The molecule has 2 aromatic rings. The lowest BCUT2D eigenvalue weighted by atomic mass is 10.2. The zero-order valence-electron chi connectivity index (χ0n) is 8.80. The monoisotopic (exact) mass is 207 g/mol. The van der Waals surface area contributed by atoms with Crippen molar-refractivity contribution in [3.05, 3.63) is 66.8 Å². The molecule has 0 aliphatic heterocycles. The van der Waals surface area contributed by atoms with Crippen molar-refractivity contribution < 1.29 is 4.57 Å². The molecule has 0 amide bonds. The Morgan fingerprint density at radius 2 is 1.94 bits per heavy atom. The molecule has 0 unspecified atom stereocenters. The first-order valence-electron chi connectivity index (χ1n) is 4.96. The lowest BCUT2D eigenvalue weighted by Crippen LogP contribution is -2.30. The van der Waals surface area contributed by atoms with Gasteiger partial charge in [0.05, 0.1) is 6.20 Å². The van der Waals surface area contributed by atoms with Crippen LogP contribution in [-0.4, -0.2) is 4.98 Å². The minimum Gasteiger partial charge on any atom is -0.196 e. The molecule has 0 saturated heterocycles. The summed E-state index contributed by atoms with van der Waals surface area (Å²) in [5, 5.41) is 0. The highest BCUT2D eigenvalue weighted by atomic mass is 15.0. The fourth-order valence-electron chi connectivity index (χ4n) is 1.28. The Hall–Kier alpha value is -2.40. The fraction of sp³-hybridized carbons (Fsp3) is 0. The summed E-state index contributed by atoms with van der Waals surface area (Å²) in [4.78, 5) is 4.18. The van der Waals surface area contributed by atoms with Crippen LogP contribution in [0.5, 0.6) is 0 Å². The van der Waals surface area contributed by atoms with Gasteiger partial charge in [0.15, 0.2) is 0 Å². The van der Waals surface area contributed by atoms with Crippen LogP contribution < -0.4 is 4.57 Å². The van der Waals surface area contributed by atoms with Gasteiger partial charge >= 0.3 is 5.82 Å². The topological polar surface area (TPSA) is 16.8 Å². The van der Waals surface area contributed by atoms with Crippen LogP contribution in [0.15, 0.2) is 55.4 Å². The Balaban J connectivity index is 2.34. The van der Waals surface area contributed by atoms with Crippen LogP contribution in [-0.2, 0) is 0 Å². The highest BCUT2D eigenvalue weighted by molar-refractivity contribution is 5.36. The molecule has 0 N–H and O–H groups in total. The van der Waals surface area contributed by atoms with Crippen molar-refractivity contribution in [2.24, 2.45) is 0 Å². The van der Waals surface area contributed by atoms with Crippen molar-refractivity contribution >= 4 is 6.20 Å². The van der Waals surface area contributed by atoms with Gasteiger partial charge in [-0.25, -0.2) is 0 Å². The Morgan fingerprint density at radius 1 is 1.12 bits per heavy atom. The second-order valence-electron chi connectivity index (χ2n) is 3.15. The third kappa shape index (κ3) is 2.34. The molecular formula is C14H11N2+. The van der Waals surface area contributed by atoms with E-state index in [2.05, 4.69) is 23.4 Å². The van der Waals surface area contributed by atoms with Crippen LogP contribution in [0, 0.1) is 11.8 Å². The number of hydrogen-bond donors (Lipinski definition) is 0. The molecular weight excluding hydrogens is 196 g/mol. The average Bonchev–Trinajstić information content (AvgIpc) is 2.38. The zero-order chi connectivity index (χ0) is 11.2. The van der Waals surface area contributed by atoms with E-state index in [0.717, 1.165) is 5.56 Å². The SMILES string of the molecule is C=C[n+]1cccnc1C#Cc1ccccc1. The van der Waals surface area contributed by atoms with Gasteiger partial charge in [-0.1, -0.05) is 30.7 Å². The van der Waals surface area contributed by atoms with E-state index < -0.39 is 0 Å². The summed E-state index contributed by atoms with van der Waals surface area (Å²) >= 11 is 0. The van der Waals surface area contributed by atoms with Gasteiger partial charge in [0.1, 0.15) is 12.4 Å². The summed E-state index contributed by atoms with van der Waals surface area (Å²) in [6.07, 6.45) is 5.27. The van der Waals surface area contributed by atoms with E-state index in [1.165, 1.54) is 0 Å². The van der Waals surface area contributed by atoms with Gasteiger partial charge in [0.2, 0.25) is 0 Å². The van der Waals surface area contributed by atoms with Gasteiger partial charge in [0.25, 0.3) is 0 Å². The quantitative estimate of drug-likeness (QED) is 0.515. The largest absolute Gasteiger partial charge is 0.381 e. The zero-order valence-corrected chi connectivity index (χ0v) is 8.80. The highest BCUT2D eigenvalue weighted by Gasteiger charge is 2.03. The predicted octanol–water partition coefficient (Wildman–Crippen LogP) is 1.87. The molecule has 0 saturated carbocycles. The van der Waals surface area contributed by atoms with E-state index >= 15 is 0 Å². The number of nitrogens with zero attached hydrogens (tertiary/aromatic N) is 2. The lowest BCUT2D eigenvalue weighted by Gasteiger charge is -1.89. The molecule has 0 aliphatic carbocycles. The van der Waals surface area contributed by atoms with Crippen molar-refractivity contribution in [1.29, 1.82) is 0 Å². The van der Waals surface area contributed by atoms with E-state index in [1.54, 1.807) is 17.0 Å². The maximum absolute atomic E-state index is 4.18. The predicted molar refractivity (Wildman–Crippen MR) is 63.2 cm³/mol. The van der Waals surface area contributed by atoms with Crippen LogP contribution >= 0.6 is 0 Å². The first-order chi connectivity index (χ1) is 7.90. The maximum Gasteiger partial charge on any atom is 0.381 e. The van der Waals surface area contributed by atoms with Crippen molar-refractivity contribution in [3.8, 4) is 11.8 Å². The van der Waals surface area contributed by atoms with Gasteiger partial charge in [-0.05, 0) is 17.1 Å². The van der Waals surface area contributed by atoms with Crippen LogP contribution in [0.4, 0.5) is 0 Å². The summed E-state index contributed by atoms with van der Waals surface area (Å²) in [6.45, 7) is 3.70. The van der Waals surface area contributed by atoms with Crippen LogP contribution in [0.1, 0.15) is 11.4 Å². The van der Waals surface area contributed by atoms with Crippen molar-refractivity contribution in [2.45, 2.75) is 0 Å². The highest BCUT2D eigenvalue weighted by Crippen LogP contribution is 1.95. The summed E-state index contributed by atoms with van der Waals surface area (Å²) in [7, 11) is 0. The Kier molecular flexibility index (Phi) is 3.10. The Morgan fingerprint density at radius 3 is 2.69 bits per heavy atom. The van der Waals surface area contributed by atoms with E-state index in [9.17, 15) is 0 Å². The summed E-state index contributed by atoms with van der Waals surface area (Å²) in [6, 6.07) is 11.7. The van der Waals surface area contributed by atoms with Crippen LogP contribution in [0.2, 0.25) is 0 Å². The second-order valence-corrected chi connectivity index (χ2v) is 3.15. The molecule has 0 radical (unpaired) electrons.